The molecular weight excluding hydrogens is 236 g/mol. The van der Waals surface area contributed by atoms with Crippen LogP contribution in [0.4, 0.5) is 0 Å². The van der Waals surface area contributed by atoms with Gasteiger partial charge in [-0.25, -0.2) is 0 Å². The highest BCUT2D eigenvalue weighted by Crippen LogP contribution is 2.31. The molecule has 0 bridgehead atoms. The molecule has 0 amide bonds. The standard InChI is InChI=1S/C10H9ClOS2/c11-4-6-1-7(13)2-10-9(6)3-8(5-12)14-10/h1-3,12-13H,4-5H2. The summed E-state index contributed by atoms with van der Waals surface area (Å²) < 4.78 is 1.14. The maximum atomic E-state index is 9.03. The van der Waals surface area contributed by atoms with Gasteiger partial charge in [-0.05, 0) is 29.1 Å². The van der Waals surface area contributed by atoms with Crippen LogP contribution in [0.5, 0.6) is 0 Å². The normalized spacial score (nSPS) is 11.1. The van der Waals surface area contributed by atoms with E-state index in [1.165, 1.54) is 0 Å². The zero-order chi connectivity index (χ0) is 10.1. The SMILES string of the molecule is OCc1cc2c(CCl)cc(S)cc2s1. The monoisotopic (exact) mass is 244 g/mol. The van der Waals surface area contributed by atoms with Gasteiger partial charge in [0.2, 0.25) is 0 Å². The van der Waals surface area contributed by atoms with Crippen molar-refractivity contribution in [3.63, 3.8) is 0 Å². The van der Waals surface area contributed by atoms with E-state index in [-0.39, 0.29) is 6.61 Å². The van der Waals surface area contributed by atoms with Gasteiger partial charge in [-0.15, -0.1) is 35.6 Å². The van der Waals surface area contributed by atoms with Gasteiger partial charge in [-0.2, -0.15) is 0 Å². The summed E-state index contributed by atoms with van der Waals surface area (Å²) in [6, 6.07) is 5.95. The van der Waals surface area contributed by atoms with Gasteiger partial charge in [0.1, 0.15) is 0 Å². The van der Waals surface area contributed by atoms with Crippen LogP contribution < -0.4 is 0 Å². The van der Waals surface area contributed by atoms with Crippen molar-refractivity contribution < 1.29 is 5.11 Å². The Morgan fingerprint density at radius 2 is 2.14 bits per heavy atom. The number of thiol groups is 1. The second-order valence-corrected chi connectivity index (χ2v) is 4.97. The zero-order valence-electron chi connectivity index (χ0n) is 7.33. The summed E-state index contributed by atoms with van der Waals surface area (Å²) in [5, 5.41) is 10.2. The number of alkyl halides is 1. The quantitative estimate of drug-likeness (QED) is 0.613. The van der Waals surface area contributed by atoms with E-state index in [0.717, 1.165) is 25.4 Å². The molecule has 74 valence electrons. The first-order valence-electron chi connectivity index (χ1n) is 4.15. The fourth-order valence-corrected chi connectivity index (χ4v) is 3.04. The average Bonchev–Trinajstić information content (AvgIpc) is 2.59. The molecule has 0 unspecified atom stereocenters. The molecule has 0 aliphatic rings. The number of halogens is 1. The minimum Gasteiger partial charge on any atom is -0.391 e. The van der Waals surface area contributed by atoms with Crippen molar-refractivity contribution in [1.29, 1.82) is 0 Å². The lowest BCUT2D eigenvalue weighted by atomic mass is 10.1. The number of fused-ring (bicyclic) bond motifs is 1. The molecule has 0 saturated heterocycles. The van der Waals surface area contributed by atoms with Crippen molar-refractivity contribution in [2.45, 2.75) is 17.4 Å². The van der Waals surface area contributed by atoms with Crippen LogP contribution in [0, 0.1) is 0 Å². The van der Waals surface area contributed by atoms with Crippen LogP contribution in [0.2, 0.25) is 0 Å². The minimum atomic E-state index is 0.0863. The Morgan fingerprint density at radius 3 is 2.79 bits per heavy atom. The lowest BCUT2D eigenvalue weighted by molar-refractivity contribution is 0.285. The molecule has 0 aliphatic carbocycles. The second-order valence-electron chi connectivity index (χ2n) is 3.02. The van der Waals surface area contributed by atoms with Crippen LogP contribution in [0.3, 0.4) is 0 Å². The van der Waals surface area contributed by atoms with E-state index < -0.39 is 0 Å². The molecule has 1 heterocycles. The Kier molecular flexibility index (Phi) is 3.02. The van der Waals surface area contributed by atoms with Gasteiger partial charge >= 0.3 is 0 Å². The molecular formula is C10H9ClOS2. The van der Waals surface area contributed by atoms with Crippen LogP contribution in [-0.2, 0) is 12.5 Å². The van der Waals surface area contributed by atoms with Gasteiger partial charge in [0.15, 0.2) is 0 Å². The topological polar surface area (TPSA) is 20.2 Å². The molecule has 2 rings (SSSR count). The smallest absolute Gasteiger partial charge is 0.0774 e. The molecule has 1 nitrogen and oxygen atoms in total. The summed E-state index contributed by atoms with van der Waals surface area (Å²) in [7, 11) is 0. The lowest BCUT2D eigenvalue weighted by Crippen LogP contribution is -1.79. The zero-order valence-corrected chi connectivity index (χ0v) is 9.79. The van der Waals surface area contributed by atoms with Crippen molar-refractivity contribution in [3.05, 3.63) is 28.6 Å². The summed E-state index contributed by atoms with van der Waals surface area (Å²) in [4.78, 5) is 1.88. The van der Waals surface area contributed by atoms with E-state index in [1.54, 1.807) is 11.3 Å². The maximum absolute atomic E-state index is 9.03. The predicted octanol–water partition coefficient (Wildman–Crippen LogP) is 3.42. The molecule has 2 aromatic rings. The van der Waals surface area contributed by atoms with Crippen molar-refractivity contribution in [2.75, 3.05) is 0 Å². The number of benzene rings is 1. The molecule has 0 spiro atoms. The number of hydrogen-bond donors (Lipinski definition) is 2. The van der Waals surface area contributed by atoms with Crippen LogP contribution in [0.25, 0.3) is 10.1 Å². The highest BCUT2D eigenvalue weighted by Gasteiger charge is 2.06. The van der Waals surface area contributed by atoms with E-state index in [1.807, 2.05) is 18.2 Å². The van der Waals surface area contributed by atoms with Crippen LogP contribution in [0.1, 0.15) is 10.4 Å². The molecule has 1 aromatic heterocycles. The third kappa shape index (κ3) is 1.77. The maximum Gasteiger partial charge on any atom is 0.0774 e. The molecule has 0 aliphatic heterocycles. The fourth-order valence-electron chi connectivity index (χ4n) is 1.44. The van der Waals surface area contributed by atoms with Crippen molar-refractivity contribution in [2.24, 2.45) is 0 Å². The number of rotatable bonds is 2. The predicted molar refractivity (Wildman–Crippen MR) is 64.6 cm³/mol. The number of aliphatic hydroxyl groups excluding tert-OH is 1. The molecule has 1 N–H and O–H groups in total. The molecule has 0 radical (unpaired) electrons. The van der Waals surface area contributed by atoms with Crippen LogP contribution >= 0.6 is 35.6 Å². The minimum absolute atomic E-state index is 0.0863. The number of hydrogen-bond acceptors (Lipinski definition) is 3. The first-order valence-corrected chi connectivity index (χ1v) is 5.95. The first kappa shape index (κ1) is 10.3. The summed E-state index contributed by atoms with van der Waals surface area (Å²) in [6.07, 6.45) is 0. The Labute approximate surface area is 96.7 Å². The van der Waals surface area contributed by atoms with Gasteiger partial charge in [-0.1, -0.05) is 0 Å². The average molecular weight is 245 g/mol. The van der Waals surface area contributed by atoms with Crippen molar-refractivity contribution in [3.8, 4) is 0 Å². The Morgan fingerprint density at radius 1 is 1.36 bits per heavy atom. The van der Waals surface area contributed by atoms with E-state index >= 15 is 0 Å². The fraction of sp³-hybridized carbons (Fsp3) is 0.200. The lowest BCUT2D eigenvalue weighted by Gasteiger charge is -1.99. The molecule has 4 heteroatoms. The van der Waals surface area contributed by atoms with Gasteiger partial charge in [0.25, 0.3) is 0 Å². The third-order valence-electron chi connectivity index (χ3n) is 2.06. The summed E-state index contributed by atoms with van der Waals surface area (Å²) in [6.45, 7) is 0.0863. The molecule has 0 atom stereocenters. The van der Waals surface area contributed by atoms with E-state index in [0.29, 0.717) is 5.88 Å². The second kappa shape index (κ2) is 4.11. The summed E-state index contributed by atoms with van der Waals surface area (Å²) >= 11 is 11.7. The third-order valence-corrected chi connectivity index (χ3v) is 3.67. The number of aliphatic hydroxyl groups is 1. The Balaban J connectivity index is 2.71. The van der Waals surface area contributed by atoms with E-state index in [9.17, 15) is 0 Å². The largest absolute Gasteiger partial charge is 0.391 e. The van der Waals surface area contributed by atoms with Gasteiger partial charge in [-0.3, -0.25) is 0 Å². The van der Waals surface area contributed by atoms with Gasteiger partial charge in [0, 0.05) is 20.4 Å². The van der Waals surface area contributed by atoms with Gasteiger partial charge < -0.3 is 5.11 Å². The Hall–Kier alpha value is -0.220. The molecule has 1 aromatic carbocycles. The van der Waals surface area contributed by atoms with E-state index in [2.05, 4.69) is 12.6 Å². The van der Waals surface area contributed by atoms with Crippen LogP contribution in [-0.4, -0.2) is 5.11 Å². The number of thiophene rings is 1. The molecule has 0 saturated carbocycles. The van der Waals surface area contributed by atoms with Crippen LogP contribution in [0.15, 0.2) is 23.1 Å². The highest BCUT2D eigenvalue weighted by molar-refractivity contribution is 7.80. The first-order chi connectivity index (χ1) is 6.74. The summed E-state index contributed by atoms with van der Waals surface area (Å²) in [5.41, 5.74) is 1.07. The van der Waals surface area contributed by atoms with Crippen molar-refractivity contribution >= 4 is 45.7 Å². The molecule has 0 fully saturated rings. The van der Waals surface area contributed by atoms with Gasteiger partial charge in [0.05, 0.1) is 6.61 Å². The highest BCUT2D eigenvalue weighted by atomic mass is 35.5. The Bertz CT molecular complexity index is 464. The summed E-state index contributed by atoms with van der Waals surface area (Å²) in [5.74, 6) is 0.479. The van der Waals surface area contributed by atoms with Crippen molar-refractivity contribution in [1.82, 2.24) is 0 Å². The van der Waals surface area contributed by atoms with E-state index in [4.69, 9.17) is 16.7 Å². The molecule has 14 heavy (non-hydrogen) atoms.